The maximum Gasteiger partial charge on any atom is 0.272 e. The molecule has 4 N–H and O–H groups in total. The molecule has 0 spiro atoms. The van der Waals surface area contributed by atoms with Crippen molar-refractivity contribution in [2.24, 2.45) is 0 Å². The van der Waals surface area contributed by atoms with Gasteiger partial charge in [0, 0.05) is 0 Å². The minimum Gasteiger partial charge on any atom is -0.344 e. The lowest BCUT2D eigenvalue weighted by Gasteiger charge is -2.26. The van der Waals surface area contributed by atoms with E-state index in [-0.39, 0.29) is 6.15 Å². The van der Waals surface area contributed by atoms with Gasteiger partial charge in [0.05, 0.1) is 0 Å². The maximum absolute atomic E-state index is 13.2. The van der Waals surface area contributed by atoms with Gasteiger partial charge in [0.2, 0.25) is 0 Å². The van der Waals surface area contributed by atoms with Crippen LogP contribution in [0.2, 0.25) is 0 Å². The summed E-state index contributed by atoms with van der Waals surface area (Å²) >= 11 is 0. The fourth-order valence-electron chi connectivity index (χ4n) is 1.51. The Bertz CT molecular complexity index is 484. The van der Waals surface area contributed by atoms with Crippen LogP contribution < -0.4 is 6.15 Å². The molecule has 0 aromatic rings. The molecule has 0 saturated heterocycles. The van der Waals surface area contributed by atoms with Crippen LogP contribution in [0.1, 0.15) is 0 Å². The standard InChI is InChI=1S/C10H12F10O3S.H3N/c11-2(1-24(21,22)23)3(12)4(13)5(14)6(15)7(16)8(17)9(18)10(19)20;/h2-10H,1H2,(H,21,22,23);1H3. The first-order valence-corrected chi connectivity index (χ1v) is 7.67. The smallest absolute Gasteiger partial charge is 0.272 e. The topological polar surface area (TPSA) is 89.4 Å². The van der Waals surface area contributed by atoms with Crippen LogP contribution >= 0.6 is 0 Å². The number of hydrogen-bond acceptors (Lipinski definition) is 3. The molecule has 0 aliphatic heterocycles. The molecule has 0 radical (unpaired) electrons. The number of hydrogen-bond donors (Lipinski definition) is 2. The van der Waals surface area contributed by atoms with Crippen molar-refractivity contribution in [3.63, 3.8) is 0 Å². The molecule has 154 valence electrons. The van der Waals surface area contributed by atoms with E-state index in [2.05, 4.69) is 0 Å². The molecule has 8 unspecified atom stereocenters. The average molecular weight is 419 g/mol. The molecule has 0 saturated carbocycles. The predicted octanol–water partition coefficient (Wildman–Crippen LogP) is 3.01. The van der Waals surface area contributed by atoms with Crippen LogP contribution in [-0.4, -0.2) is 74.5 Å². The van der Waals surface area contributed by atoms with Gasteiger partial charge in [-0.3, -0.25) is 4.55 Å². The second-order valence-corrected chi connectivity index (χ2v) is 6.21. The summed E-state index contributed by atoms with van der Waals surface area (Å²) in [5, 5.41) is 0. The van der Waals surface area contributed by atoms with Crippen molar-refractivity contribution in [2.75, 3.05) is 5.75 Å². The van der Waals surface area contributed by atoms with Gasteiger partial charge in [-0.1, -0.05) is 0 Å². The predicted molar refractivity (Wildman–Crippen MR) is 66.6 cm³/mol. The molecule has 4 nitrogen and oxygen atoms in total. The SMILES string of the molecule is N.O=S(=O)(O)CC(F)C(F)C(F)C(F)C(F)C(F)C(F)C(F)C(F)F. The fraction of sp³-hybridized carbons (Fsp3) is 1.00. The molecule has 0 heterocycles. The Morgan fingerprint density at radius 3 is 1.16 bits per heavy atom. The number of rotatable bonds is 10. The van der Waals surface area contributed by atoms with Gasteiger partial charge in [-0.15, -0.1) is 0 Å². The van der Waals surface area contributed by atoms with Crippen molar-refractivity contribution in [3.8, 4) is 0 Å². The Kier molecular flexibility index (Phi) is 10.9. The second-order valence-electron chi connectivity index (χ2n) is 4.71. The molecule has 0 aliphatic rings. The highest BCUT2D eigenvalue weighted by molar-refractivity contribution is 7.85. The Hall–Kier alpha value is -0.830. The highest BCUT2D eigenvalue weighted by Crippen LogP contribution is 2.28. The van der Waals surface area contributed by atoms with Crippen molar-refractivity contribution >= 4 is 10.1 Å². The van der Waals surface area contributed by atoms with Gasteiger partial charge in [0.15, 0.2) is 49.4 Å². The van der Waals surface area contributed by atoms with E-state index in [9.17, 15) is 52.3 Å². The van der Waals surface area contributed by atoms with Crippen molar-refractivity contribution in [3.05, 3.63) is 0 Å². The van der Waals surface area contributed by atoms with E-state index in [1.54, 1.807) is 0 Å². The van der Waals surface area contributed by atoms with Crippen LogP contribution in [0.15, 0.2) is 0 Å². The summed E-state index contributed by atoms with van der Waals surface area (Å²) in [6.45, 7) is 0. The first kappa shape index (κ1) is 26.4. The van der Waals surface area contributed by atoms with Crippen LogP contribution in [0.25, 0.3) is 0 Å². The van der Waals surface area contributed by atoms with E-state index in [0.29, 0.717) is 0 Å². The highest BCUT2D eigenvalue weighted by atomic mass is 32.2. The number of halogens is 10. The van der Waals surface area contributed by atoms with Crippen LogP contribution in [0.5, 0.6) is 0 Å². The normalized spacial score (nSPS) is 22.2. The average Bonchev–Trinajstić information content (AvgIpc) is 2.47. The van der Waals surface area contributed by atoms with Gasteiger partial charge in [-0.05, 0) is 0 Å². The third-order valence-electron chi connectivity index (χ3n) is 2.78. The molecule has 8 atom stereocenters. The highest BCUT2D eigenvalue weighted by Gasteiger charge is 2.49. The monoisotopic (exact) mass is 419 g/mol. The second kappa shape index (κ2) is 10.4. The summed E-state index contributed by atoms with van der Waals surface area (Å²) in [6.07, 6.45) is -34.8. The van der Waals surface area contributed by atoms with E-state index in [1.165, 1.54) is 0 Å². The summed E-state index contributed by atoms with van der Waals surface area (Å²) in [6, 6.07) is 0. The van der Waals surface area contributed by atoms with Gasteiger partial charge in [0.25, 0.3) is 16.5 Å². The molecular weight excluding hydrogens is 404 g/mol. The summed E-state index contributed by atoms with van der Waals surface area (Å²) in [5.41, 5.74) is 0. The van der Waals surface area contributed by atoms with Crippen molar-refractivity contribution in [1.82, 2.24) is 6.15 Å². The zero-order valence-electron chi connectivity index (χ0n) is 12.1. The fourth-order valence-corrected chi connectivity index (χ4v) is 2.10. The van der Waals surface area contributed by atoms with E-state index < -0.39 is 71.7 Å². The molecule has 0 aromatic heterocycles. The summed E-state index contributed by atoms with van der Waals surface area (Å²) in [7, 11) is -5.16. The molecule has 0 aliphatic carbocycles. The Morgan fingerprint density at radius 2 is 0.880 bits per heavy atom. The zero-order chi connectivity index (χ0) is 19.4. The molecular formula is C10H15F10NO3S. The van der Waals surface area contributed by atoms with Gasteiger partial charge < -0.3 is 6.15 Å². The van der Waals surface area contributed by atoms with Gasteiger partial charge in [0.1, 0.15) is 5.75 Å². The van der Waals surface area contributed by atoms with Crippen LogP contribution in [0.3, 0.4) is 0 Å². The lowest BCUT2D eigenvalue weighted by molar-refractivity contribution is -0.0690. The molecule has 15 heteroatoms. The lowest BCUT2D eigenvalue weighted by atomic mass is 9.98. The Balaban J connectivity index is 0. The Morgan fingerprint density at radius 1 is 0.600 bits per heavy atom. The first-order valence-electron chi connectivity index (χ1n) is 6.06. The third kappa shape index (κ3) is 7.94. The summed E-state index contributed by atoms with van der Waals surface area (Å²) in [5.74, 6) is -2.04. The molecule has 0 rings (SSSR count). The van der Waals surface area contributed by atoms with E-state index in [0.717, 1.165) is 0 Å². The third-order valence-corrected chi connectivity index (χ3v) is 3.52. The lowest BCUT2D eigenvalue weighted by Crippen LogP contribution is -2.48. The molecule has 25 heavy (non-hydrogen) atoms. The van der Waals surface area contributed by atoms with Gasteiger partial charge >= 0.3 is 0 Å². The Labute approximate surface area is 135 Å². The van der Waals surface area contributed by atoms with Crippen molar-refractivity contribution < 1.29 is 56.9 Å². The molecule has 0 aromatic carbocycles. The minimum atomic E-state index is -5.16. The maximum atomic E-state index is 13.2. The first-order chi connectivity index (χ1) is 10.7. The van der Waals surface area contributed by atoms with Crippen LogP contribution in [0.4, 0.5) is 43.9 Å². The largest absolute Gasteiger partial charge is 0.344 e. The van der Waals surface area contributed by atoms with Gasteiger partial charge in [-0.25, -0.2) is 43.9 Å². The van der Waals surface area contributed by atoms with E-state index in [1.807, 2.05) is 0 Å². The minimum absolute atomic E-state index is 0. The molecule has 0 amide bonds. The van der Waals surface area contributed by atoms with Gasteiger partial charge in [-0.2, -0.15) is 8.42 Å². The van der Waals surface area contributed by atoms with Crippen molar-refractivity contribution in [2.45, 2.75) is 55.8 Å². The summed E-state index contributed by atoms with van der Waals surface area (Å²) < 4.78 is 156. The van der Waals surface area contributed by atoms with Crippen LogP contribution in [0, 0.1) is 0 Å². The van der Waals surface area contributed by atoms with E-state index in [4.69, 9.17) is 4.55 Å². The number of alkyl halides is 10. The van der Waals surface area contributed by atoms with Crippen LogP contribution in [-0.2, 0) is 10.1 Å². The summed E-state index contributed by atoms with van der Waals surface area (Å²) in [4.78, 5) is 0. The van der Waals surface area contributed by atoms with E-state index >= 15 is 0 Å². The van der Waals surface area contributed by atoms with Crippen molar-refractivity contribution in [1.29, 1.82) is 0 Å². The quantitative estimate of drug-likeness (QED) is 0.421. The molecule has 0 fully saturated rings. The zero-order valence-corrected chi connectivity index (χ0v) is 12.9. The molecule has 0 bridgehead atoms.